The fourth-order valence-corrected chi connectivity index (χ4v) is 8.37. The zero-order valence-corrected chi connectivity index (χ0v) is 43.1. The van der Waals surface area contributed by atoms with Crippen LogP contribution in [-0.2, 0) is 28.6 Å². The molecule has 0 amide bonds. The SMILES string of the molecule is CCCCCCC/C=C\CCCCCCCC(=O)OC(COC(=O)CCCCCCCCC)COC(=O)CCCCCCCCCCCCCCC/C=C\CCCCCCCCCC. The van der Waals surface area contributed by atoms with E-state index >= 15 is 0 Å². The highest BCUT2D eigenvalue weighted by Crippen LogP contribution is 2.16. The van der Waals surface area contributed by atoms with Gasteiger partial charge in [0.15, 0.2) is 6.10 Å². The lowest BCUT2D eigenvalue weighted by Crippen LogP contribution is -2.30. The summed E-state index contributed by atoms with van der Waals surface area (Å²) in [5.74, 6) is -0.872. The molecule has 0 aromatic heterocycles. The molecule has 0 aromatic carbocycles. The maximum Gasteiger partial charge on any atom is 0.306 e. The van der Waals surface area contributed by atoms with Crippen molar-refractivity contribution >= 4 is 17.9 Å². The van der Waals surface area contributed by atoms with Gasteiger partial charge in [0.05, 0.1) is 0 Å². The quantitative estimate of drug-likeness (QED) is 0.0262. The molecule has 0 rings (SSSR count). The van der Waals surface area contributed by atoms with Crippen LogP contribution < -0.4 is 0 Å². The van der Waals surface area contributed by atoms with Crippen molar-refractivity contribution in [1.82, 2.24) is 0 Å². The van der Waals surface area contributed by atoms with Crippen molar-refractivity contribution < 1.29 is 28.6 Å². The molecule has 376 valence electrons. The summed E-state index contributed by atoms with van der Waals surface area (Å²) in [5, 5.41) is 0. The van der Waals surface area contributed by atoms with Crippen LogP contribution in [0.25, 0.3) is 0 Å². The molecule has 0 aliphatic carbocycles. The molecule has 6 heteroatoms. The largest absolute Gasteiger partial charge is 0.462 e. The van der Waals surface area contributed by atoms with E-state index in [1.165, 1.54) is 205 Å². The maximum atomic E-state index is 12.8. The lowest BCUT2D eigenvalue weighted by molar-refractivity contribution is -0.167. The first-order valence-corrected chi connectivity index (χ1v) is 28.3. The van der Waals surface area contributed by atoms with Crippen LogP contribution in [0.2, 0.25) is 0 Å². The van der Waals surface area contributed by atoms with E-state index < -0.39 is 6.10 Å². The molecular formula is C58H108O6. The fraction of sp³-hybridized carbons (Fsp3) is 0.879. The van der Waals surface area contributed by atoms with E-state index in [-0.39, 0.29) is 31.1 Å². The number of allylic oxidation sites excluding steroid dienone is 4. The van der Waals surface area contributed by atoms with Crippen LogP contribution in [0, 0.1) is 0 Å². The predicted octanol–water partition coefficient (Wildman–Crippen LogP) is 18.7. The van der Waals surface area contributed by atoms with Gasteiger partial charge in [0.2, 0.25) is 0 Å². The van der Waals surface area contributed by atoms with Gasteiger partial charge in [0, 0.05) is 19.3 Å². The third kappa shape index (κ3) is 50.9. The summed E-state index contributed by atoms with van der Waals surface area (Å²) < 4.78 is 16.8. The number of hydrogen-bond donors (Lipinski definition) is 0. The summed E-state index contributed by atoms with van der Waals surface area (Å²) in [6, 6.07) is 0. The third-order valence-corrected chi connectivity index (χ3v) is 12.7. The van der Waals surface area contributed by atoms with Gasteiger partial charge in [0.1, 0.15) is 13.2 Å². The number of hydrogen-bond acceptors (Lipinski definition) is 6. The Bertz CT molecular complexity index is 1040. The smallest absolute Gasteiger partial charge is 0.306 e. The summed E-state index contributed by atoms with van der Waals surface area (Å²) in [6.45, 7) is 6.61. The van der Waals surface area contributed by atoms with E-state index in [0.29, 0.717) is 19.3 Å². The van der Waals surface area contributed by atoms with E-state index in [0.717, 1.165) is 64.2 Å². The summed E-state index contributed by atoms with van der Waals surface area (Å²) >= 11 is 0. The summed E-state index contributed by atoms with van der Waals surface area (Å²) in [7, 11) is 0. The highest BCUT2D eigenvalue weighted by molar-refractivity contribution is 5.71. The first-order chi connectivity index (χ1) is 31.5. The number of esters is 3. The fourth-order valence-electron chi connectivity index (χ4n) is 8.37. The normalized spacial score (nSPS) is 12.1. The highest BCUT2D eigenvalue weighted by Gasteiger charge is 2.19. The molecule has 0 aromatic rings. The van der Waals surface area contributed by atoms with E-state index in [1.807, 2.05) is 0 Å². The Morgan fingerprint density at radius 1 is 0.297 bits per heavy atom. The van der Waals surface area contributed by atoms with E-state index in [1.54, 1.807) is 0 Å². The summed E-state index contributed by atoms with van der Waals surface area (Å²) in [4.78, 5) is 37.9. The van der Waals surface area contributed by atoms with Gasteiger partial charge < -0.3 is 14.2 Å². The number of carbonyl (C=O) groups excluding carboxylic acids is 3. The van der Waals surface area contributed by atoms with Gasteiger partial charge in [-0.3, -0.25) is 14.4 Å². The highest BCUT2D eigenvalue weighted by atomic mass is 16.6. The molecule has 0 aliphatic rings. The third-order valence-electron chi connectivity index (χ3n) is 12.7. The van der Waals surface area contributed by atoms with Gasteiger partial charge in [-0.05, 0) is 70.6 Å². The van der Waals surface area contributed by atoms with Crippen LogP contribution in [0.3, 0.4) is 0 Å². The van der Waals surface area contributed by atoms with Gasteiger partial charge in [-0.15, -0.1) is 0 Å². The Kier molecular flexibility index (Phi) is 51.7. The average molecular weight is 901 g/mol. The first-order valence-electron chi connectivity index (χ1n) is 28.3. The molecule has 0 saturated carbocycles. The van der Waals surface area contributed by atoms with Crippen molar-refractivity contribution in [3.63, 3.8) is 0 Å². The molecule has 0 heterocycles. The minimum absolute atomic E-state index is 0.0711. The molecule has 64 heavy (non-hydrogen) atoms. The van der Waals surface area contributed by atoms with Crippen LogP contribution >= 0.6 is 0 Å². The second kappa shape index (κ2) is 53.5. The van der Waals surface area contributed by atoms with Crippen LogP contribution in [0.15, 0.2) is 24.3 Å². The molecule has 0 radical (unpaired) electrons. The molecule has 1 unspecified atom stereocenters. The molecule has 0 fully saturated rings. The van der Waals surface area contributed by atoms with E-state index in [2.05, 4.69) is 45.1 Å². The molecular weight excluding hydrogens is 793 g/mol. The number of unbranched alkanes of at least 4 members (excludes halogenated alkanes) is 37. The van der Waals surface area contributed by atoms with Gasteiger partial charge in [-0.25, -0.2) is 0 Å². The Morgan fingerprint density at radius 2 is 0.516 bits per heavy atom. The first kappa shape index (κ1) is 61.9. The summed E-state index contributed by atoms with van der Waals surface area (Å²) in [6.07, 6.45) is 62.0. The second-order valence-electron chi connectivity index (χ2n) is 19.2. The molecule has 0 spiro atoms. The second-order valence-corrected chi connectivity index (χ2v) is 19.2. The average Bonchev–Trinajstić information content (AvgIpc) is 3.29. The molecule has 0 bridgehead atoms. The Hall–Kier alpha value is -2.11. The van der Waals surface area contributed by atoms with Crippen molar-refractivity contribution in [1.29, 1.82) is 0 Å². The van der Waals surface area contributed by atoms with Crippen LogP contribution in [-0.4, -0.2) is 37.2 Å². The zero-order chi connectivity index (χ0) is 46.5. The zero-order valence-electron chi connectivity index (χ0n) is 43.1. The van der Waals surface area contributed by atoms with Gasteiger partial charge >= 0.3 is 17.9 Å². The molecule has 6 nitrogen and oxygen atoms in total. The van der Waals surface area contributed by atoms with Crippen molar-refractivity contribution in [2.45, 2.75) is 316 Å². The lowest BCUT2D eigenvalue weighted by Gasteiger charge is -2.18. The standard InChI is InChI=1S/C58H108O6/c1-4-7-10-13-16-18-20-22-24-25-26-27-28-29-30-31-32-33-34-36-37-39-42-45-48-51-57(60)63-54-55(53-62-56(59)50-47-44-41-15-12-9-6-3)64-58(61)52-49-46-43-40-38-35-23-21-19-17-14-11-8-5-2/h21,23,25-26,55H,4-20,22,24,27-54H2,1-3H3/b23-21-,26-25-. The van der Waals surface area contributed by atoms with Crippen molar-refractivity contribution in [2.75, 3.05) is 13.2 Å². The summed E-state index contributed by atoms with van der Waals surface area (Å²) in [5.41, 5.74) is 0. The van der Waals surface area contributed by atoms with Gasteiger partial charge in [-0.1, -0.05) is 244 Å². The monoisotopic (exact) mass is 901 g/mol. The van der Waals surface area contributed by atoms with Gasteiger partial charge in [-0.2, -0.15) is 0 Å². The lowest BCUT2D eigenvalue weighted by atomic mass is 10.0. The number of ether oxygens (including phenoxy) is 3. The Morgan fingerprint density at radius 3 is 0.781 bits per heavy atom. The van der Waals surface area contributed by atoms with Crippen LogP contribution in [0.4, 0.5) is 0 Å². The van der Waals surface area contributed by atoms with E-state index in [4.69, 9.17) is 14.2 Å². The molecule has 1 atom stereocenters. The molecule has 0 saturated heterocycles. The Balaban J connectivity index is 4.09. The van der Waals surface area contributed by atoms with Crippen molar-refractivity contribution in [3.05, 3.63) is 24.3 Å². The van der Waals surface area contributed by atoms with Gasteiger partial charge in [0.25, 0.3) is 0 Å². The number of rotatable bonds is 52. The van der Waals surface area contributed by atoms with E-state index in [9.17, 15) is 14.4 Å². The maximum absolute atomic E-state index is 12.8. The number of carbonyl (C=O) groups is 3. The van der Waals surface area contributed by atoms with Crippen LogP contribution in [0.1, 0.15) is 310 Å². The van der Waals surface area contributed by atoms with Crippen LogP contribution in [0.5, 0.6) is 0 Å². The van der Waals surface area contributed by atoms with Crippen molar-refractivity contribution in [2.24, 2.45) is 0 Å². The molecule has 0 aliphatic heterocycles. The Labute approximate surface area is 398 Å². The predicted molar refractivity (Wildman–Crippen MR) is 275 cm³/mol. The molecule has 0 N–H and O–H groups in total. The minimum atomic E-state index is -0.769. The van der Waals surface area contributed by atoms with Crippen molar-refractivity contribution in [3.8, 4) is 0 Å². The minimum Gasteiger partial charge on any atom is -0.462 e. The topological polar surface area (TPSA) is 78.9 Å².